The second kappa shape index (κ2) is 7.44. The molecule has 2 aromatic carbocycles. The summed E-state index contributed by atoms with van der Waals surface area (Å²) >= 11 is 1.21. The molecule has 1 fully saturated rings. The van der Waals surface area contributed by atoms with Crippen LogP contribution in [0.3, 0.4) is 0 Å². The minimum Gasteiger partial charge on any atom is -0.508 e. The van der Waals surface area contributed by atoms with Gasteiger partial charge in [0.25, 0.3) is 5.78 Å². The molecular formula is C22H16N2O6S. The molecule has 8 nitrogen and oxygen atoms in total. The summed E-state index contributed by atoms with van der Waals surface area (Å²) in [6, 6.07) is 10.0. The van der Waals surface area contributed by atoms with Crippen LogP contribution in [0.1, 0.15) is 17.2 Å². The van der Waals surface area contributed by atoms with Gasteiger partial charge in [0.2, 0.25) is 0 Å². The second-order valence-corrected chi connectivity index (χ2v) is 7.81. The molecule has 2 aliphatic heterocycles. The van der Waals surface area contributed by atoms with Gasteiger partial charge in [-0.15, -0.1) is 11.3 Å². The van der Waals surface area contributed by atoms with Gasteiger partial charge in [-0.2, -0.15) is 0 Å². The predicted octanol–water partition coefficient (Wildman–Crippen LogP) is 3.25. The van der Waals surface area contributed by atoms with Crippen molar-refractivity contribution in [1.82, 2.24) is 4.98 Å². The zero-order valence-corrected chi connectivity index (χ0v) is 16.8. The number of nitrogens with zero attached hydrogens (tertiary/aromatic N) is 2. The molecule has 3 heterocycles. The molecule has 2 N–H and O–H groups in total. The van der Waals surface area contributed by atoms with Crippen molar-refractivity contribution >= 4 is 33.9 Å². The van der Waals surface area contributed by atoms with Crippen molar-refractivity contribution in [3.8, 4) is 17.2 Å². The van der Waals surface area contributed by atoms with Gasteiger partial charge >= 0.3 is 5.91 Å². The van der Waals surface area contributed by atoms with E-state index in [-0.39, 0.29) is 17.1 Å². The number of ketones is 1. The molecule has 156 valence electrons. The number of aliphatic hydroxyl groups is 1. The maximum Gasteiger partial charge on any atom is 0.301 e. The van der Waals surface area contributed by atoms with Crippen molar-refractivity contribution in [2.45, 2.75) is 6.04 Å². The van der Waals surface area contributed by atoms with Crippen LogP contribution in [0, 0.1) is 0 Å². The largest absolute Gasteiger partial charge is 0.508 e. The fourth-order valence-corrected chi connectivity index (χ4v) is 4.35. The Balaban J connectivity index is 1.68. The van der Waals surface area contributed by atoms with E-state index < -0.39 is 17.7 Å². The molecule has 3 aromatic rings. The zero-order chi connectivity index (χ0) is 21.5. The van der Waals surface area contributed by atoms with Crippen molar-refractivity contribution in [3.63, 3.8) is 0 Å². The molecule has 0 saturated carbocycles. The number of hydrogen-bond acceptors (Lipinski definition) is 8. The van der Waals surface area contributed by atoms with Gasteiger partial charge in [0.05, 0.1) is 11.6 Å². The number of anilines is 1. The molecule has 1 unspecified atom stereocenters. The number of hydrogen-bond donors (Lipinski definition) is 2. The number of carbonyl (C=O) groups is 2. The highest BCUT2D eigenvalue weighted by Gasteiger charge is 2.48. The number of aromatic hydroxyl groups is 1. The molecular weight excluding hydrogens is 420 g/mol. The van der Waals surface area contributed by atoms with E-state index in [1.807, 2.05) is 0 Å². The number of aromatic nitrogens is 1. The summed E-state index contributed by atoms with van der Waals surface area (Å²) in [5.74, 6) is -0.895. The summed E-state index contributed by atoms with van der Waals surface area (Å²) in [5, 5.41) is 22.8. The summed E-state index contributed by atoms with van der Waals surface area (Å²) in [6.45, 7) is 0.803. The quantitative estimate of drug-likeness (QED) is 0.368. The van der Waals surface area contributed by atoms with Gasteiger partial charge in [-0.25, -0.2) is 4.98 Å². The number of amides is 1. The summed E-state index contributed by atoms with van der Waals surface area (Å²) in [6.07, 6.45) is 1.54. The van der Waals surface area contributed by atoms with E-state index in [1.54, 1.807) is 35.7 Å². The van der Waals surface area contributed by atoms with E-state index in [1.165, 1.54) is 34.6 Å². The van der Waals surface area contributed by atoms with Gasteiger partial charge < -0.3 is 19.7 Å². The van der Waals surface area contributed by atoms with E-state index in [9.17, 15) is 19.8 Å². The van der Waals surface area contributed by atoms with Crippen molar-refractivity contribution in [2.75, 3.05) is 18.1 Å². The van der Waals surface area contributed by atoms with Crippen LogP contribution in [0.4, 0.5) is 5.13 Å². The molecule has 1 amide bonds. The number of fused-ring (bicyclic) bond motifs is 1. The molecule has 1 aromatic heterocycles. The van der Waals surface area contributed by atoms with E-state index in [4.69, 9.17) is 9.47 Å². The first-order valence-corrected chi connectivity index (χ1v) is 10.3. The molecule has 31 heavy (non-hydrogen) atoms. The van der Waals surface area contributed by atoms with Crippen LogP contribution < -0.4 is 14.4 Å². The topological polar surface area (TPSA) is 109 Å². The molecule has 0 bridgehead atoms. The highest BCUT2D eigenvalue weighted by atomic mass is 32.1. The maximum absolute atomic E-state index is 13.0. The zero-order valence-electron chi connectivity index (χ0n) is 16.0. The maximum atomic E-state index is 13.0. The van der Waals surface area contributed by atoms with Gasteiger partial charge in [0.1, 0.15) is 24.7 Å². The van der Waals surface area contributed by atoms with E-state index in [0.717, 1.165) is 0 Å². The number of thiazole rings is 1. The number of rotatable bonds is 3. The summed E-state index contributed by atoms with van der Waals surface area (Å²) in [7, 11) is 0. The van der Waals surface area contributed by atoms with Crippen LogP contribution in [0.5, 0.6) is 17.2 Å². The normalized spacial score (nSPS) is 19.6. The highest BCUT2D eigenvalue weighted by Crippen LogP contribution is 2.43. The number of carbonyl (C=O) groups excluding carboxylic acids is 2. The van der Waals surface area contributed by atoms with Gasteiger partial charge in [0, 0.05) is 17.1 Å². The van der Waals surface area contributed by atoms with Crippen LogP contribution in [0.15, 0.2) is 59.6 Å². The molecule has 9 heteroatoms. The Hall–Kier alpha value is -3.85. The lowest BCUT2D eigenvalue weighted by Crippen LogP contribution is -2.29. The van der Waals surface area contributed by atoms with Crippen LogP contribution in [-0.4, -0.2) is 40.1 Å². The summed E-state index contributed by atoms with van der Waals surface area (Å²) < 4.78 is 11.1. The Labute approximate surface area is 180 Å². The number of phenols is 1. The summed E-state index contributed by atoms with van der Waals surface area (Å²) in [5.41, 5.74) is 0.805. The first-order valence-electron chi connectivity index (χ1n) is 9.44. The van der Waals surface area contributed by atoms with Crippen LogP contribution in [0.2, 0.25) is 0 Å². The number of ether oxygens (including phenoxy) is 2. The third-order valence-corrected chi connectivity index (χ3v) is 5.86. The average molecular weight is 436 g/mol. The lowest BCUT2D eigenvalue weighted by Gasteiger charge is -2.23. The highest BCUT2D eigenvalue weighted by molar-refractivity contribution is 7.14. The minimum absolute atomic E-state index is 0.0433. The van der Waals surface area contributed by atoms with E-state index in [0.29, 0.717) is 41.0 Å². The lowest BCUT2D eigenvalue weighted by molar-refractivity contribution is -0.132. The van der Waals surface area contributed by atoms with E-state index >= 15 is 0 Å². The number of phenolic OH excluding ortho intramolecular Hbond substituents is 1. The fourth-order valence-electron chi connectivity index (χ4n) is 3.68. The standard InChI is InChI=1S/C22H16N2O6S/c25-14-4-1-12(2-5-14)18-17(20(27)21(28)24(18)22-23-7-10-31-22)19(26)13-3-6-15-16(11-13)30-9-8-29-15/h1-7,10-11,18,25-26H,8-9H2/b19-17+. The first kappa shape index (κ1) is 19.1. The van der Waals surface area contributed by atoms with Gasteiger partial charge in [-0.1, -0.05) is 12.1 Å². The van der Waals surface area contributed by atoms with Gasteiger partial charge in [-0.05, 0) is 35.9 Å². The fraction of sp³-hybridized carbons (Fsp3) is 0.136. The number of aliphatic hydroxyl groups excluding tert-OH is 1. The number of benzene rings is 2. The Kier molecular flexibility index (Phi) is 4.59. The third kappa shape index (κ3) is 3.19. The van der Waals surface area contributed by atoms with Crippen molar-refractivity contribution < 1.29 is 29.3 Å². The van der Waals surface area contributed by atoms with Crippen LogP contribution in [0.25, 0.3) is 5.76 Å². The Morgan fingerprint density at radius 3 is 2.52 bits per heavy atom. The molecule has 5 rings (SSSR count). The Morgan fingerprint density at radius 2 is 1.81 bits per heavy atom. The molecule has 2 aliphatic rings. The molecule has 0 radical (unpaired) electrons. The molecule has 1 saturated heterocycles. The van der Waals surface area contributed by atoms with Crippen LogP contribution in [-0.2, 0) is 9.59 Å². The van der Waals surface area contributed by atoms with Crippen molar-refractivity contribution in [3.05, 3.63) is 70.7 Å². The third-order valence-electron chi connectivity index (χ3n) is 5.09. The minimum atomic E-state index is -0.903. The Morgan fingerprint density at radius 1 is 1.06 bits per heavy atom. The predicted molar refractivity (Wildman–Crippen MR) is 112 cm³/mol. The molecule has 0 aliphatic carbocycles. The smallest absolute Gasteiger partial charge is 0.301 e. The molecule has 0 spiro atoms. The average Bonchev–Trinajstić information content (AvgIpc) is 3.40. The van der Waals surface area contributed by atoms with Crippen LogP contribution >= 0.6 is 11.3 Å². The van der Waals surface area contributed by atoms with Crippen molar-refractivity contribution in [2.24, 2.45) is 0 Å². The monoisotopic (exact) mass is 436 g/mol. The summed E-state index contributed by atoms with van der Waals surface area (Å²) in [4.78, 5) is 31.4. The second-order valence-electron chi connectivity index (χ2n) is 6.93. The van der Waals surface area contributed by atoms with E-state index in [2.05, 4.69) is 4.98 Å². The number of Topliss-reactive ketones (excluding diaryl/α,β-unsaturated/α-hetero) is 1. The van der Waals surface area contributed by atoms with Gasteiger partial charge in [-0.3, -0.25) is 14.5 Å². The lowest BCUT2D eigenvalue weighted by atomic mass is 9.95. The first-order chi connectivity index (χ1) is 15.0. The van der Waals surface area contributed by atoms with Gasteiger partial charge in [0.15, 0.2) is 16.6 Å². The molecule has 1 atom stereocenters. The Bertz CT molecular complexity index is 1200. The SMILES string of the molecule is O=C1C(=O)N(c2nccs2)C(c2ccc(O)cc2)/C1=C(\O)c1ccc2c(c1)OCCO2. The van der Waals surface area contributed by atoms with Crippen molar-refractivity contribution in [1.29, 1.82) is 0 Å².